The molecule has 0 atom stereocenters. The van der Waals surface area contributed by atoms with Crippen LogP contribution < -0.4 is 0 Å². The fourth-order valence-corrected chi connectivity index (χ4v) is 2.23. The number of phenols is 1. The molecule has 0 bridgehead atoms. The second kappa shape index (κ2) is 7.98. The van der Waals surface area contributed by atoms with E-state index in [4.69, 9.17) is 5.11 Å². The first-order valence-electron chi connectivity index (χ1n) is 7.28. The van der Waals surface area contributed by atoms with Crippen LogP contribution >= 0.6 is 0 Å². The van der Waals surface area contributed by atoms with Gasteiger partial charge in [-0.1, -0.05) is 24.3 Å². The summed E-state index contributed by atoms with van der Waals surface area (Å²) in [5.74, 6) is -0.522. The summed E-state index contributed by atoms with van der Waals surface area (Å²) in [6, 6.07) is 10.9. The number of hydrogen-bond acceptors (Lipinski definition) is 3. The highest BCUT2D eigenvalue weighted by Crippen LogP contribution is 2.25. The monoisotopic (exact) mass is 297 g/mol. The summed E-state index contributed by atoms with van der Waals surface area (Å²) in [6.45, 7) is 0. The number of hydrogen-bond donors (Lipinski definition) is 2. The molecule has 1 aromatic heterocycles. The molecule has 2 N–H and O–H groups in total. The number of pyridine rings is 1. The first-order chi connectivity index (χ1) is 10.7. The quantitative estimate of drug-likeness (QED) is 0.761. The number of carboxylic acids is 1. The van der Waals surface area contributed by atoms with E-state index in [1.165, 1.54) is 0 Å². The van der Waals surface area contributed by atoms with Gasteiger partial charge in [0.05, 0.1) is 0 Å². The van der Waals surface area contributed by atoms with Crippen LogP contribution in [-0.4, -0.2) is 21.2 Å². The van der Waals surface area contributed by atoms with Gasteiger partial charge in [-0.05, 0) is 48.6 Å². The van der Waals surface area contributed by atoms with Crippen molar-refractivity contribution in [1.29, 1.82) is 0 Å². The number of nitrogens with zero attached hydrogens (tertiary/aromatic N) is 1. The number of aromatic hydroxyl groups is 1. The molecule has 0 unspecified atom stereocenters. The first kappa shape index (κ1) is 15.8. The molecule has 0 radical (unpaired) electrons. The van der Waals surface area contributed by atoms with E-state index in [0.29, 0.717) is 6.42 Å². The van der Waals surface area contributed by atoms with E-state index in [9.17, 15) is 9.90 Å². The van der Waals surface area contributed by atoms with Crippen LogP contribution in [0.25, 0.3) is 5.57 Å². The van der Waals surface area contributed by atoms with Crippen LogP contribution in [0.5, 0.6) is 5.75 Å². The zero-order valence-electron chi connectivity index (χ0n) is 12.3. The standard InChI is InChI=1S/C18H19NO3/c20-16-10-8-14(9-11-16)17(15-5-4-12-19-13-15)6-2-1-3-7-18(21)22/h4-6,8-13,20H,1-3,7H2,(H,21,22)/b17-6+. The van der Waals surface area contributed by atoms with Crippen molar-refractivity contribution in [3.8, 4) is 5.75 Å². The molecule has 2 rings (SSSR count). The number of carboxylic acid groups (broad SMARTS) is 1. The number of benzene rings is 1. The molecule has 0 saturated heterocycles. The number of aliphatic carboxylic acids is 1. The predicted octanol–water partition coefficient (Wildman–Crippen LogP) is 3.86. The molecular weight excluding hydrogens is 278 g/mol. The van der Waals surface area contributed by atoms with Crippen molar-refractivity contribution in [2.24, 2.45) is 0 Å². The Labute approximate surface area is 129 Å². The van der Waals surface area contributed by atoms with Gasteiger partial charge in [0.1, 0.15) is 5.75 Å². The Morgan fingerprint density at radius 1 is 1.09 bits per heavy atom. The fourth-order valence-electron chi connectivity index (χ4n) is 2.23. The number of aromatic nitrogens is 1. The third-order valence-electron chi connectivity index (χ3n) is 3.34. The van der Waals surface area contributed by atoms with Gasteiger partial charge in [0.2, 0.25) is 0 Å². The fraction of sp³-hybridized carbons (Fsp3) is 0.222. The average Bonchev–Trinajstić information content (AvgIpc) is 2.53. The van der Waals surface area contributed by atoms with Gasteiger partial charge in [-0.25, -0.2) is 0 Å². The Balaban J connectivity index is 2.15. The summed E-state index contributed by atoms with van der Waals surface area (Å²) in [7, 11) is 0. The van der Waals surface area contributed by atoms with Crippen LogP contribution in [0.2, 0.25) is 0 Å². The van der Waals surface area contributed by atoms with Crippen molar-refractivity contribution in [1.82, 2.24) is 4.98 Å². The summed E-state index contributed by atoms with van der Waals surface area (Å²) in [6.07, 6.45) is 8.13. The van der Waals surface area contributed by atoms with Gasteiger partial charge in [-0.2, -0.15) is 0 Å². The Morgan fingerprint density at radius 3 is 2.50 bits per heavy atom. The van der Waals surface area contributed by atoms with Crippen LogP contribution in [0.15, 0.2) is 54.9 Å². The molecule has 1 aromatic carbocycles. The van der Waals surface area contributed by atoms with Crippen LogP contribution in [0.1, 0.15) is 36.8 Å². The maximum atomic E-state index is 10.5. The minimum atomic E-state index is -0.755. The van der Waals surface area contributed by atoms with Gasteiger partial charge >= 0.3 is 5.97 Å². The van der Waals surface area contributed by atoms with Gasteiger partial charge < -0.3 is 10.2 Å². The smallest absolute Gasteiger partial charge is 0.303 e. The maximum absolute atomic E-state index is 10.5. The van der Waals surface area contributed by atoms with E-state index in [2.05, 4.69) is 11.1 Å². The van der Waals surface area contributed by atoms with E-state index >= 15 is 0 Å². The van der Waals surface area contributed by atoms with E-state index in [-0.39, 0.29) is 12.2 Å². The number of carbonyl (C=O) groups is 1. The lowest BCUT2D eigenvalue weighted by atomic mass is 9.97. The summed E-state index contributed by atoms with van der Waals surface area (Å²) in [5.41, 5.74) is 3.05. The molecule has 0 saturated carbocycles. The van der Waals surface area contributed by atoms with Crippen LogP contribution in [0.4, 0.5) is 0 Å². The molecule has 0 fully saturated rings. The van der Waals surface area contributed by atoms with Crippen molar-refractivity contribution in [3.63, 3.8) is 0 Å². The van der Waals surface area contributed by atoms with Gasteiger partial charge in [0, 0.05) is 24.4 Å². The summed E-state index contributed by atoms with van der Waals surface area (Å²) < 4.78 is 0. The molecule has 0 aliphatic heterocycles. The van der Waals surface area contributed by atoms with E-state index in [0.717, 1.165) is 29.5 Å². The molecule has 0 amide bonds. The van der Waals surface area contributed by atoms with Gasteiger partial charge in [-0.3, -0.25) is 9.78 Å². The summed E-state index contributed by atoms with van der Waals surface area (Å²) in [5, 5.41) is 18.1. The normalized spacial score (nSPS) is 11.4. The van der Waals surface area contributed by atoms with E-state index < -0.39 is 5.97 Å². The zero-order chi connectivity index (χ0) is 15.8. The Bertz CT molecular complexity index is 633. The molecule has 0 spiro atoms. The van der Waals surface area contributed by atoms with Crippen molar-refractivity contribution >= 4 is 11.5 Å². The van der Waals surface area contributed by atoms with E-state index in [1.54, 1.807) is 24.5 Å². The van der Waals surface area contributed by atoms with Gasteiger partial charge in [-0.15, -0.1) is 0 Å². The molecule has 114 valence electrons. The summed E-state index contributed by atoms with van der Waals surface area (Å²) in [4.78, 5) is 14.7. The van der Waals surface area contributed by atoms with E-state index in [1.807, 2.05) is 24.3 Å². The number of allylic oxidation sites excluding steroid dienone is 1. The SMILES string of the molecule is O=C(O)CCCC/C=C(\c1ccc(O)cc1)c1cccnc1. The number of phenolic OH excluding ortho intramolecular Hbond substituents is 1. The molecule has 0 aliphatic rings. The largest absolute Gasteiger partial charge is 0.508 e. The van der Waals surface area contributed by atoms with Crippen molar-refractivity contribution < 1.29 is 15.0 Å². The molecule has 2 aromatic rings. The van der Waals surface area contributed by atoms with Crippen molar-refractivity contribution in [2.75, 3.05) is 0 Å². The predicted molar refractivity (Wildman–Crippen MR) is 85.5 cm³/mol. The molecule has 4 heteroatoms. The Hall–Kier alpha value is -2.62. The molecule has 4 nitrogen and oxygen atoms in total. The van der Waals surface area contributed by atoms with Crippen LogP contribution in [0, 0.1) is 0 Å². The highest BCUT2D eigenvalue weighted by Gasteiger charge is 2.05. The first-order valence-corrected chi connectivity index (χ1v) is 7.28. The molecule has 22 heavy (non-hydrogen) atoms. The molecule has 0 aliphatic carbocycles. The summed E-state index contributed by atoms with van der Waals surface area (Å²) >= 11 is 0. The van der Waals surface area contributed by atoms with Crippen molar-refractivity contribution in [2.45, 2.75) is 25.7 Å². The Kier molecular flexibility index (Phi) is 5.72. The van der Waals surface area contributed by atoms with Gasteiger partial charge in [0.25, 0.3) is 0 Å². The Morgan fingerprint density at radius 2 is 1.86 bits per heavy atom. The highest BCUT2D eigenvalue weighted by molar-refractivity contribution is 5.79. The minimum absolute atomic E-state index is 0.204. The second-order valence-electron chi connectivity index (χ2n) is 5.05. The van der Waals surface area contributed by atoms with Crippen LogP contribution in [0.3, 0.4) is 0 Å². The number of unbranched alkanes of at least 4 members (excludes halogenated alkanes) is 2. The maximum Gasteiger partial charge on any atom is 0.303 e. The lowest BCUT2D eigenvalue weighted by Gasteiger charge is -2.08. The van der Waals surface area contributed by atoms with Crippen molar-refractivity contribution in [3.05, 3.63) is 66.0 Å². The molecular formula is C18H19NO3. The third kappa shape index (κ3) is 4.74. The zero-order valence-corrected chi connectivity index (χ0v) is 12.3. The second-order valence-corrected chi connectivity index (χ2v) is 5.05. The topological polar surface area (TPSA) is 70.4 Å². The minimum Gasteiger partial charge on any atom is -0.508 e. The average molecular weight is 297 g/mol. The highest BCUT2D eigenvalue weighted by atomic mass is 16.4. The van der Waals surface area contributed by atoms with Gasteiger partial charge in [0.15, 0.2) is 0 Å². The third-order valence-corrected chi connectivity index (χ3v) is 3.34. The lowest BCUT2D eigenvalue weighted by molar-refractivity contribution is -0.137. The number of rotatable bonds is 7. The van der Waals surface area contributed by atoms with Crippen LogP contribution in [-0.2, 0) is 4.79 Å². The lowest BCUT2D eigenvalue weighted by Crippen LogP contribution is -1.93. The molecule has 1 heterocycles.